The summed E-state index contributed by atoms with van der Waals surface area (Å²) >= 11 is 0. The molecule has 0 aromatic heterocycles. The van der Waals surface area contributed by atoms with Gasteiger partial charge in [-0.3, -0.25) is 9.69 Å². The molecule has 0 saturated carbocycles. The molecule has 1 aromatic carbocycles. The van der Waals surface area contributed by atoms with Crippen molar-refractivity contribution in [2.75, 3.05) is 53.0 Å². The number of carbonyl (C=O) groups is 1. The van der Waals surface area contributed by atoms with Gasteiger partial charge >= 0.3 is 0 Å². The fourth-order valence-electron chi connectivity index (χ4n) is 2.53. The summed E-state index contributed by atoms with van der Waals surface area (Å²) in [5, 5.41) is 8.83. The highest BCUT2D eigenvalue weighted by Gasteiger charge is 2.18. The van der Waals surface area contributed by atoms with Crippen LogP contribution in [-0.4, -0.2) is 68.8 Å². The van der Waals surface area contributed by atoms with Crippen molar-refractivity contribution in [3.63, 3.8) is 0 Å². The van der Waals surface area contributed by atoms with Gasteiger partial charge in [0, 0.05) is 38.3 Å². The van der Waals surface area contributed by atoms with Gasteiger partial charge in [0.1, 0.15) is 5.75 Å². The predicted octanol–water partition coefficient (Wildman–Crippen LogP) is 1.38. The van der Waals surface area contributed by atoms with Crippen LogP contribution in [0.4, 0.5) is 0 Å². The molecule has 1 fully saturated rings. The average Bonchev–Trinajstić information content (AvgIpc) is 2.62. The zero-order valence-corrected chi connectivity index (χ0v) is 13.5. The molecule has 1 heterocycles. The first-order valence-electron chi connectivity index (χ1n) is 7.85. The Balaban J connectivity index is 2.00. The molecule has 0 spiro atoms. The molecule has 2 rings (SSSR count). The van der Waals surface area contributed by atoms with Crippen LogP contribution >= 0.6 is 0 Å². The lowest BCUT2D eigenvalue weighted by Gasteiger charge is -2.30. The van der Waals surface area contributed by atoms with E-state index in [-0.39, 0.29) is 5.91 Å². The van der Waals surface area contributed by atoms with Gasteiger partial charge in [-0.2, -0.15) is 5.26 Å². The van der Waals surface area contributed by atoms with Crippen LogP contribution in [0.25, 0.3) is 0 Å². The standard InChI is InChI=1S/C17H23N3O3/c1-22-16-5-2-4-15(14-16)17(21)20(7-3-6-18)9-8-19-10-12-23-13-11-19/h2,4-5,14H,3,7-13H2,1H3. The van der Waals surface area contributed by atoms with Crippen molar-refractivity contribution >= 4 is 5.91 Å². The topological polar surface area (TPSA) is 65.8 Å². The number of rotatable bonds is 7. The summed E-state index contributed by atoms with van der Waals surface area (Å²) < 4.78 is 10.5. The molecule has 1 saturated heterocycles. The van der Waals surface area contributed by atoms with E-state index in [4.69, 9.17) is 14.7 Å². The molecule has 0 bridgehead atoms. The minimum atomic E-state index is -0.0626. The first-order valence-corrected chi connectivity index (χ1v) is 7.85. The summed E-state index contributed by atoms with van der Waals surface area (Å²) in [4.78, 5) is 16.7. The van der Waals surface area contributed by atoms with Crippen molar-refractivity contribution in [1.29, 1.82) is 5.26 Å². The lowest BCUT2D eigenvalue weighted by molar-refractivity contribution is 0.0326. The number of morpholine rings is 1. The largest absolute Gasteiger partial charge is 0.497 e. The third kappa shape index (κ3) is 5.23. The average molecular weight is 317 g/mol. The van der Waals surface area contributed by atoms with Crippen LogP contribution in [-0.2, 0) is 4.74 Å². The zero-order chi connectivity index (χ0) is 16.5. The summed E-state index contributed by atoms with van der Waals surface area (Å²) in [7, 11) is 1.58. The minimum absolute atomic E-state index is 0.0626. The Kier molecular flexibility index (Phi) is 6.85. The first-order chi connectivity index (χ1) is 11.2. The summed E-state index contributed by atoms with van der Waals surface area (Å²) in [5.41, 5.74) is 0.587. The van der Waals surface area contributed by atoms with Crippen LogP contribution < -0.4 is 4.74 Å². The third-order valence-corrected chi connectivity index (χ3v) is 3.89. The molecule has 1 aromatic rings. The van der Waals surface area contributed by atoms with Crippen molar-refractivity contribution < 1.29 is 14.3 Å². The highest BCUT2D eigenvalue weighted by atomic mass is 16.5. The van der Waals surface area contributed by atoms with Gasteiger partial charge in [0.25, 0.3) is 5.91 Å². The van der Waals surface area contributed by atoms with E-state index in [1.54, 1.807) is 30.2 Å². The minimum Gasteiger partial charge on any atom is -0.497 e. The molecule has 6 nitrogen and oxygen atoms in total. The maximum atomic E-state index is 12.7. The fourth-order valence-corrected chi connectivity index (χ4v) is 2.53. The van der Waals surface area contributed by atoms with Gasteiger partial charge in [-0.15, -0.1) is 0 Å². The molecule has 23 heavy (non-hydrogen) atoms. The van der Waals surface area contributed by atoms with Crippen LogP contribution in [0.2, 0.25) is 0 Å². The Morgan fingerprint density at radius 2 is 2.17 bits per heavy atom. The highest BCUT2D eigenvalue weighted by molar-refractivity contribution is 5.94. The molecule has 1 amide bonds. The Bertz CT molecular complexity index is 550. The van der Waals surface area contributed by atoms with E-state index >= 15 is 0 Å². The number of hydrogen-bond acceptors (Lipinski definition) is 5. The fraction of sp³-hybridized carbons (Fsp3) is 0.529. The SMILES string of the molecule is COc1cccc(C(=O)N(CCC#N)CCN2CCOCC2)c1. The normalized spacial score (nSPS) is 15.0. The Morgan fingerprint density at radius 3 is 2.87 bits per heavy atom. The van der Waals surface area contributed by atoms with Crippen molar-refractivity contribution in [3.8, 4) is 11.8 Å². The van der Waals surface area contributed by atoms with Crippen molar-refractivity contribution in [2.24, 2.45) is 0 Å². The molecule has 0 unspecified atom stereocenters. The second-order valence-corrected chi connectivity index (χ2v) is 5.39. The smallest absolute Gasteiger partial charge is 0.254 e. The van der Waals surface area contributed by atoms with Crippen molar-refractivity contribution in [2.45, 2.75) is 6.42 Å². The number of nitrogens with zero attached hydrogens (tertiary/aromatic N) is 3. The Morgan fingerprint density at radius 1 is 1.39 bits per heavy atom. The number of hydrogen-bond donors (Lipinski definition) is 0. The molecule has 0 radical (unpaired) electrons. The monoisotopic (exact) mass is 317 g/mol. The summed E-state index contributed by atoms with van der Waals surface area (Å²) in [5.74, 6) is 0.594. The van der Waals surface area contributed by atoms with E-state index in [9.17, 15) is 4.79 Å². The van der Waals surface area contributed by atoms with Crippen LogP contribution in [0.1, 0.15) is 16.8 Å². The molecular formula is C17H23N3O3. The number of benzene rings is 1. The van der Waals surface area contributed by atoms with E-state index in [1.807, 2.05) is 6.07 Å². The number of ether oxygens (including phenoxy) is 2. The predicted molar refractivity (Wildman–Crippen MR) is 86.4 cm³/mol. The van der Waals surface area contributed by atoms with Gasteiger partial charge in [0.05, 0.1) is 32.8 Å². The molecule has 1 aliphatic rings. The van der Waals surface area contributed by atoms with E-state index in [0.29, 0.717) is 30.8 Å². The van der Waals surface area contributed by atoms with Crippen LogP contribution in [0, 0.1) is 11.3 Å². The molecule has 124 valence electrons. The molecular weight excluding hydrogens is 294 g/mol. The van der Waals surface area contributed by atoms with Crippen LogP contribution in [0.5, 0.6) is 5.75 Å². The second-order valence-electron chi connectivity index (χ2n) is 5.39. The Labute approximate surface area is 137 Å². The van der Waals surface area contributed by atoms with Crippen molar-refractivity contribution in [3.05, 3.63) is 29.8 Å². The molecule has 0 N–H and O–H groups in total. The van der Waals surface area contributed by atoms with E-state index in [1.165, 1.54) is 0 Å². The van der Waals surface area contributed by atoms with Gasteiger partial charge < -0.3 is 14.4 Å². The van der Waals surface area contributed by atoms with Gasteiger partial charge in [-0.05, 0) is 18.2 Å². The summed E-state index contributed by atoms with van der Waals surface area (Å²) in [6.07, 6.45) is 0.332. The number of nitriles is 1. The van der Waals surface area contributed by atoms with Crippen LogP contribution in [0.3, 0.4) is 0 Å². The number of amides is 1. The molecule has 6 heteroatoms. The summed E-state index contributed by atoms with van der Waals surface area (Å²) in [6, 6.07) is 9.23. The lowest BCUT2D eigenvalue weighted by Crippen LogP contribution is -2.43. The summed E-state index contributed by atoms with van der Waals surface area (Å²) in [6.45, 7) is 5.10. The molecule has 0 aliphatic carbocycles. The first kappa shape index (κ1) is 17.3. The molecule has 0 atom stereocenters. The van der Waals surface area contributed by atoms with E-state index in [0.717, 1.165) is 32.8 Å². The van der Waals surface area contributed by atoms with Gasteiger partial charge in [0.2, 0.25) is 0 Å². The van der Waals surface area contributed by atoms with Gasteiger partial charge in [-0.25, -0.2) is 0 Å². The lowest BCUT2D eigenvalue weighted by atomic mass is 10.2. The maximum absolute atomic E-state index is 12.7. The van der Waals surface area contributed by atoms with E-state index in [2.05, 4.69) is 11.0 Å². The maximum Gasteiger partial charge on any atom is 0.254 e. The Hall–Kier alpha value is -2.10. The van der Waals surface area contributed by atoms with Gasteiger partial charge in [0.15, 0.2) is 0 Å². The number of carbonyl (C=O) groups excluding carboxylic acids is 1. The van der Waals surface area contributed by atoms with Crippen molar-refractivity contribution in [1.82, 2.24) is 9.80 Å². The number of methoxy groups -OCH3 is 1. The molecule has 1 aliphatic heterocycles. The van der Waals surface area contributed by atoms with Crippen LogP contribution in [0.15, 0.2) is 24.3 Å². The zero-order valence-electron chi connectivity index (χ0n) is 13.5. The highest BCUT2D eigenvalue weighted by Crippen LogP contribution is 2.15. The third-order valence-electron chi connectivity index (χ3n) is 3.89. The van der Waals surface area contributed by atoms with E-state index < -0.39 is 0 Å². The van der Waals surface area contributed by atoms with Gasteiger partial charge in [-0.1, -0.05) is 6.07 Å². The quantitative estimate of drug-likeness (QED) is 0.760. The second kappa shape index (κ2) is 9.13.